The summed E-state index contributed by atoms with van der Waals surface area (Å²) >= 11 is 0. The standard InChI is InChI=1S/C24H28N4O/c1-15-12-16(2)23-21(13-15)22(14-17(3)26-23)27-19-4-6-20(7-5-19)28-10-8-18(9-11-28)24(25)29/h4-7,12-14,18H,8-11H2,1-3H3,(H2,25,29)(H,26,27). The summed E-state index contributed by atoms with van der Waals surface area (Å²) in [7, 11) is 0. The average Bonchev–Trinajstić information content (AvgIpc) is 2.69. The number of aromatic nitrogens is 1. The van der Waals surface area contributed by atoms with Gasteiger partial charge in [-0.15, -0.1) is 0 Å². The van der Waals surface area contributed by atoms with Crippen LogP contribution in [0.1, 0.15) is 29.7 Å². The number of amides is 1. The molecule has 1 amide bonds. The van der Waals surface area contributed by atoms with Crippen molar-refractivity contribution < 1.29 is 4.79 Å². The Labute approximate surface area is 171 Å². The van der Waals surface area contributed by atoms with Crippen molar-refractivity contribution in [2.75, 3.05) is 23.3 Å². The van der Waals surface area contributed by atoms with Gasteiger partial charge in [-0.2, -0.15) is 0 Å². The number of hydrogen-bond donors (Lipinski definition) is 2. The van der Waals surface area contributed by atoms with Gasteiger partial charge >= 0.3 is 0 Å². The number of piperidine rings is 1. The van der Waals surface area contributed by atoms with Gasteiger partial charge in [0.1, 0.15) is 0 Å². The maximum absolute atomic E-state index is 11.4. The zero-order chi connectivity index (χ0) is 20.5. The van der Waals surface area contributed by atoms with Crippen LogP contribution in [0.5, 0.6) is 0 Å². The lowest BCUT2D eigenvalue weighted by molar-refractivity contribution is -0.122. The number of anilines is 3. The van der Waals surface area contributed by atoms with Crippen LogP contribution in [0.4, 0.5) is 17.1 Å². The maximum Gasteiger partial charge on any atom is 0.220 e. The third-order valence-electron chi connectivity index (χ3n) is 5.79. The molecule has 1 aliphatic rings. The van der Waals surface area contributed by atoms with Crippen molar-refractivity contribution >= 4 is 33.9 Å². The molecule has 5 heteroatoms. The minimum atomic E-state index is -0.172. The summed E-state index contributed by atoms with van der Waals surface area (Å²) in [5.41, 5.74) is 13.2. The summed E-state index contributed by atoms with van der Waals surface area (Å²) in [5.74, 6) is -0.156. The Kier molecular flexibility index (Phi) is 5.14. The van der Waals surface area contributed by atoms with Crippen molar-refractivity contribution in [1.82, 2.24) is 4.98 Å². The van der Waals surface area contributed by atoms with Gasteiger partial charge in [0.05, 0.1) is 5.52 Å². The van der Waals surface area contributed by atoms with Gasteiger partial charge in [0.15, 0.2) is 0 Å². The Balaban J connectivity index is 1.55. The first-order valence-electron chi connectivity index (χ1n) is 10.2. The number of hydrogen-bond acceptors (Lipinski definition) is 4. The fourth-order valence-corrected chi connectivity index (χ4v) is 4.25. The fourth-order valence-electron chi connectivity index (χ4n) is 4.25. The van der Waals surface area contributed by atoms with Gasteiger partial charge in [-0.05, 0) is 75.6 Å². The second kappa shape index (κ2) is 7.74. The Morgan fingerprint density at radius 2 is 1.76 bits per heavy atom. The largest absolute Gasteiger partial charge is 0.371 e. The van der Waals surface area contributed by atoms with Gasteiger partial charge in [-0.25, -0.2) is 0 Å². The van der Waals surface area contributed by atoms with E-state index in [4.69, 9.17) is 10.7 Å². The smallest absolute Gasteiger partial charge is 0.220 e. The van der Waals surface area contributed by atoms with Crippen molar-refractivity contribution in [3.05, 3.63) is 59.3 Å². The van der Waals surface area contributed by atoms with E-state index in [0.717, 1.165) is 53.9 Å². The van der Waals surface area contributed by atoms with Gasteiger partial charge in [-0.1, -0.05) is 11.6 Å². The van der Waals surface area contributed by atoms with Gasteiger partial charge in [-0.3, -0.25) is 9.78 Å². The number of primary amides is 1. The van der Waals surface area contributed by atoms with Gasteiger partial charge in [0, 0.05) is 47.1 Å². The lowest BCUT2D eigenvalue weighted by Gasteiger charge is -2.32. The van der Waals surface area contributed by atoms with Crippen LogP contribution in [-0.4, -0.2) is 24.0 Å². The zero-order valence-corrected chi connectivity index (χ0v) is 17.3. The van der Waals surface area contributed by atoms with E-state index in [1.807, 2.05) is 6.92 Å². The molecule has 2 heterocycles. The summed E-state index contributed by atoms with van der Waals surface area (Å²) in [6, 6.07) is 15.0. The third kappa shape index (κ3) is 4.04. The second-order valence-corrected chi connectivity index (χ2v) is 8.12. The Morgan fingerprint density at radius 3 is 2.41 bits per heavy atom. The molecule has 29 heavy (non-hydrogen) atoms. The number of aryl methyl sites for hydroxylation is 3. The van der Waals surface area contributed by atoms with Gasteiger partial charge < -0.3 is 16.0 Å². The molecule has 150 valence electrons. The molecule has 1 aromatic heterocycles. The number of rotatable bonds is 4. The van der Waals surface area contributed by atoms with Crippen LogP contribution >= 0.6 is 0 Å². The molecule has 0 radical (unpaired) electrons. The molecule has 0 bridgehead atoms. The third-order valence-corrected chi connectivity index (χ3v) is 5.79. The maximum atomic E-state index is 11.4. The van der Waals surface area contributed by atoms with Crippen LogP contribution in [0.15, 0.2) is 42.5 Å². The van der Waals surface area contributed by atoms with Crippen LogP contribution in [0.3, 0.4) is 0 Å². The Hall–Kier alpha value is -3.08. The summed E-state index contributed by atoms with van der Waals surface area (Å²) in [6.45, 7) is 8.00. The van der Waals surface area contributed by atoms with E-state index < -0.39 is 0 Å². The average molecular weight is 389 g/mol. The van der Waals surface area contributed by atoms with Gasteiger partial charge in [0.25, 0.3) is 0 Å². The van der Waals surface area contributed by atoms with E-state index in [2.05, 4.69) is 66.5 Å². The van der Waals surface area contributed by atoms with Crippen LogP contribution in [0.25, 0.3) is 10.9 Å². The first-order valence-corrected chi connectivity index (χ1v) is 10.2. The van der Waals surface area contributed by atoms with E-state index in [1.54, 1.807) is 0 Å². The SMILES string of the molecule is Cc1cc(C)c2nc(C)cc(Nc3ccc(N4CCC(C(N)=O)CC4)cc3)c2c1. The molecule has 2 aromatic carbocycles. The highest BCUT2D eigenvalue weighted by Gasteiger charge is 2.23. The number of pyridine rings is 1. The van der Waals surface area contributed by atoms with Crippen molar-refractivity contribution in [3.63, 3.8) is 0 Å². The van der Waals surface area contributed by atoms with Crippen LogP contribution < -0.4 is 16.0 Å². The molecule has 0 saturated carbocycles. The monoisotopic (exact) mass is 388 g/mol. The van der Waals surface area contributed by atoms with E-state index >= 15 is 0 Å². The normalized spacial score (nSPS) is 14.9. The van der Waals surface area contributed by atoms with Crippen molar-refractivity contribution in [2.24, 2.45) is 11.7 Å². The molecule has 5 nitrogen and oxygen atoms in total. The van der Waals surface area contributed by atoms with Crippen molar-refractivity contribution in [2.45, 2.75) is 33.6 Å². The molecule has 3 aromatic rings. The molecule has 1 aliphatic heterocycles. The highest BCUT2D eigenvalue weighted by Crippen LogP contribution is 2.31. The van der Waals surface area contributed by atoms with E-state index in [9.17, 15) is 4.79 Å². The highest BCUT2D eigenvalue weighted by atomic mass is 16.1. The first-order chi connectivity index (χ1) is 13.9. The summed E-state index contributed by atoms with van der Waals surface area (Å²) < 4.78 is 0. The predicted octanol–water partition coefficient (Wildman–Crippen LogP) is 4.61. The van der Waals surface area contributed by atoms with Crippen molar-refractivity contribution in [1.29, 1.82) is 0 Å². The number of benzene rings is 2. The minimum Gasteiger partial charge on any atom is -0.371 e. The quantitative estimate of drug-likeness (QED) is 0.685. The summed E-state index contributed by atoms with van der Waals surface area (Å²) in [6.07, 6.45) is 1.66. The Bertz CT molecular complexity index is 1050. The molecule has 1 fully saturated rings. The number of nitrogens with two attached hydrogens (primary N) is 1. The molecule has 0 spiro atoms. The van der Waals surface area contributed by atoms with E-state index in [-0.39, 0.29) is 11.8 Å². The summed E-state index contributed by atoms with van der Waals surface area (Å²) in [5, 5.41) is 4.72. The number of nitrogens with one attached hydrogen (secondary N) is 1. The highest BCUT2D eigenvalue weighted by molar-refractivity contribution is 5.95. The second-order valence-electron chi connectivity index (χ2n) is 8.12. The molecule has 0 unspecified atom stereocenters. The molecular weight excluding hydrogens is 360 g/mol. The van der Waals surface area contributed by atoms with E-state index in [1.165, 1.54) is 16.8 Å². The molecule has 0 atom stereocenters. The minimum absolute atomic E-state index is 0.0160. The number of carbonyl (C=O) groups is 1. The summed E-state index contributed by atoms with van der Waals surface area (Å²) in [4.78, 5) is 18.4. The van der Waals surface area contributed by atoms with Crippen LogP contribution in [-0.2, 0) is 4.79 Å². The van der Waals surface area contributed by atoms with E-state index in [0.29, 0.717) is 0 Å². The predicted molar refractivity (Wildman–Crippen MR) is 120 cm³/mol. The van der Waals surface area contributed by atoms with Crippen molar-refractivity contribution in [3.8, 4) is 0 Å². The molecule has 0 aliphatic carbocycles. The lowest BCUT2D eigenvalue weighted by atomic mass is 9.96. The fraction of sp³-hybridized carbons (Fsp3) is 0.333. The van der Waals surface area contributed by atoms with Gasteiger partial charge in [0.2, 0.25) is 5.91 Å². The van der Waals surface area contributed by atoms with Crippen LogP contribution in [0, 0.1) is 26.7 Å². The zero-order valence-electron chi connectivity index (χ0n) is 17.3. The molecular formula is C24H28N4O. The molecule has 4 rings (SSSR count). The number of carbonyl (C=O) groups excluding carboxylic acids is 1. The topological polar surface area (TPSA) is 71.2 Å². The first kappa shape index (κ1) is 19.2. The number of nitrogens with zero attached hydrogens (tertiary/aromatic N) is 2. The Morgan fingerprint density at radius 1 is 1.07 bits per heavy atom. The molecule has 1 saturated heterocycles. The molecule has 3 N–H and O–H groups in total. The lowest BCUT2D eigenvalue weighted by Crippen LogP contribution is -2.38. The number of fused-ring (bicyclic) bond motifs is 1. The van der Waals surface area contributed by atoms with Crippen LogP contribution in [0.2, 0.25) is 0 Å².